The van der Waals surface area contributed by atoms with Gasteiger partial charge in [-0.1, -0.05) is 13.8 Å². The Morgan fingerprint density at radius 3 is 2.31 bits per heavy atom. The van der Waals surface area contributed by atoms with Gasteiger partial charge in [0.25, 0.3) is 0 Å². The summed E-state index contributed by atoms with van der Waals surface area (Å²) in [6.45, 7) is 8.80. The summed E-state index contributed by atoms with van der Waals surface area (Å²) in [7, 11) is 0. The smallest absolute Gasteiger partial charge is 0.325 e. The maximum absolute atomic E-state index is 12.0. The van der Waals surface area contributed by atoms with Crippen LogP contribution in [-0.4, -0.2) is 36.5 Å². The number of amides is 1. The van der Waals surface area contributed by atoms with E-state index in [9.17, 15) is 9.59 Å². The zero-order chi connectivity index (χ0) is 12.3. The number of hydrogen-bond acceptors (Lipinski definition) is 3. The molecule has 1 unspecified atom stereocenters. The van der Waals surface area contributed by atoms with Crippen LogP contribution in [0.2, 0.25) is 0 Å². The Hall–Kier alpha value is -1.06. The van der Waals surface area contributed by atoms with Crippen molar-refractivity contribution in [3.63, 3.8) is 0 Å². The minimum absolute atomic E-state index is 0.0791. The molecule has 0 aromatic heterocycles. The van der Waals surface area contributed by atoms with Crippen LogP contribution in [0.15, 0.2) is 0 Å². The molecule has 0 N–H and O–H groups in total. The fourth-order valence-corrected chi connectivity index (χ4v) is 1.82. The van der Waals surface area contributed by atoms with Crippen molar-refractivity contribution in [2.75, 3.05) is 19.7 Å². The Bertz CT molecular complexity index is 286. The number of carbonyl (C=O) groups excluding carboxylic acids is 2. The molecule has 0 saturated heterocycles. The van der Waals surface area contributed by atoms with Crippen molar-refractivity contribution in [2.24, 2.45) is 11.3 Å². The third-order valence-electron chi connectivity index (χ3n) is 3.13. The molecule has 0 bridgehead atoms. The topological polar surface area (TPSA) is 46.6 Å². The van der Waals surface area contributed by atoms with Crippen molar-refractivity contribution in [3.05, 3.63) is 0 Å². The lowest BCUT2D eigenvalue weighted by molar-refractivity contribution is -0.149. The molecule has 16 heavy (non-hydrogen) atoms. The van der Waals surface area contributed by atoms with Crippen LogP contribution in [0.25, 0.3) is 0 Å². The fraction of sp³-hybridized carbons (Fsp3) is 0.833. The first-order valence-electron chi connectivity index (χ1n) is 5.86. The zero-order valence-electron chi connectivity index (χ0n) is 10.6. The maximum atomic E-state index is 12.0. The van der Waals surface area contributed by atoms with Crippen molar-refractivity contribution in [2.45, 2.75) is 34.1 Å². The number of hydrogen-bond donors (Lipinski definition) is 0. The molecular weight excluding hydrogens is 206 g/mol. The molecule has 92 valence electrons. The van der Waals surface area contributed by atoms with Crippen LogP contribution >= 0.6 is 0 Å². The monoisotopic (exact) mass is 227 g/mol. The van der Waals surface area contributed by atoms with Gasteiger partial charge in [0.2, 0.25) is 5.91 Å². The first-order chi connectivity index (χ1) is 7.42. The first-order valence-corrected chi connectivity index (χ1v) is 5.86. The van der Waals surface area contributed by atoms with Crippen molar-refractivity contribution in [1.82, 2.24) is 4.90 Å². The molecule has 1 aliphatic carbocycles. The summed E-state index contributed by atoms with van der Waals surface area (Å²) >= 11 is 0. The number of carbonyl (C=O) groups is 2. The molecule has 4 nitrogen and oxygen atoms in total. The SMILES string of the molecule is CCOC(=O)CN(CC)C(=O)C1CC1(C)C. The summed E-state index contributed by atoms with van der Waals surface area (Å²) in [5.41, 5.74) is 0.110. The number of nitrogens with zero attached hydrogens (tertiary/aromatic N) is 1. The molecule has 0 heterocycles. The van der Waals surface area contributed by atoms with Crippen molar-refractivity contribution >= 4 is 11.9 Å². The zero-order valence-corrected chi connectivity index (χ0v) is 10.6. The molecule has 1 atom stereocenters. The Morgan fingerprint density at radius 1 is 1.38 bits per heavy atom. The number of likely N-dealkylation sites (N-methyl/N-ethyl adjacent to an activating group) is 1. The highest BCUT2D eigenvalue weighted by molar-refractivity contribution is 5.86. The molecule has 0 spiro atoms. The van der Waals surface area contributed by atoms with Crippen LogP contribution in [0.1, 0.15) is 34.1 Å². The van der Waals surface area contributed by atoms with E-state index in [0.717, 1.165) is 6.42 Å². The number of ether oxygens (including phenoxy) is 1. The summed E-state index contributed by atoms with van der Waals surface area (Å²) < 4.78 is 4.84. The second kappa shape index (κ2) is 4.85. The van der Waals surface area contributed by atoms with Gasteiger partial charge in [-0.05, 0) is 25.7 Å². The molecule has 1 aliphatic rings. The fourth-order valence-electron chi connectivity index (χ4n) is 1.82. The lowest BCUT2D eigenvalue weighted by atomic mass is 10.1. The van der Waals surface area contributed by atoms with Gasteiger partial charge in [-0.15, -0.1) is 0 Å². The van der Waals surface area contributed by atoms with Gasteiger partial charge in [-0.2, -0.15) is 0 Å². The average molecular weight is 227 g/mol. The molecule has 0 aromatic carbocycles. The molecule has 0 aliphatic heterocycles. The van der Waals surface area contributed by atoms with E-state index >= 15 is 0 Å². The van der Waals surface area contributed by atoms with Gasteiger partial charge in [-0.25, -0.2) is 0 Å². The van der Waals surface area contributed by atoms with Gasteiger partial charge in [0.15, 0.2) is 0 Å². The molecule has 0 aromatic rings. The number of rotatable bonds is 5. The van der Waals surface area contributed by atoms with E-state index in [2.05, 4.69) is 13.8 Å². The van der Waals surface area contributed by atoms with Gasteiger partial charge >= 0.3 is 5.97 Å². The van der Waals surface area contributed by atoms with E-state index < -0.39 is 0 Å². The van der Waals surface area contributed by atoms with Crippen molar-refractivity contribution in [1.29, 1.82) is 0 Å². The molecule has 1 saturated carbocycles. The molecule has 1 fully saturated rings. The van der Waals surface area contributed by atoms with E-state index in [1.54, 1.807) is 11.8 Å². The van der Waals surface area contributed by atoms with Crippen LogP contribution in [0.5, 0.6) is 0 Å². The van der Waals surface area contributed by atoms with Gasteiger partial charge in [-0.3, -0.25) is 9.59 Å². The Labute approximate surface area is 96.9 Å². The van der Waals surface area contributed by atoms with Crippen LogP contribution < -0.4 is 0 Å². The van der Waals surface area contributed by atoms with E-state index in [0.29, 0.717) is 13.2 Å². The lowest BCUT2D eigenvalue weighted by Gasteiger charge is -2.20. The Morgan fingerprint density at radius 2 is 1.94 bits per heavy atom. The van der Waals surface area contributed by atoms with Crippen molar-refractivity contribution < 1.29 is 14.3 Å². The molecule has 1 amide bonds. The third-order valence-corrected chi connectivity index (χ3v) is 3.13. The summed E-state index contributed by atoms with van der Waals surface area (Å²) in [6.07, 6.45) is 0.922. The summed E-state index contributed by atoms with van der Waals surface area (Å²) in [5.74, 6) is -0.154. The van der Waals surface area contributed by atoms with E-state index in [1.165, 1.54) is 0 Å². The Kier molecular flexibility index (Phi) is 3.94. The largest absolute Gasteiger partial charge is 0.465 e. The lowest BCUT2D eigenvalue weighted by Crippen LogP contribution is -2.38. The predicted molar refractivity (Wildman–Crippen MR) is 60.8 cm³/mol. The molecule has 4 heteroatoms. The van der Waals surface area contributed by atoms with Gasteiger partial charge in [0, 0.05) is 12.5 Å². The van der Waals surface area contributed by atoms with Crippen molar-refractivity contribution in [3.8, 4) is 0 Å². The highest BCUT2D eigenvalue weighted by Crippen LogP contribution is 2.52. The second-order valence-corrected chi connectivity index (χ2v) is 4.90. The molecular formula is C12H21NO3. The van der Waals surface area contributed by atoms with E-state index in [4.69, 9.17) is 4.74 Å². The van der Waals surface area contributed by atoms with Gasteiger partial charge < -0.3 is 9.64 Å². The maximum Gasteiger partial charge on any atom is 0.325 e. The second-order valence-electron chi connectivity index (χ2n) is 4.90. The van der Waals surface area contributed by atoms with Crippen LogP contribution in [-0.2, 0) is 14.3 Å². The summed E-state index contributed by atoms with van der Waals surface area (Å²) in [6, 6.07) is 0. The standard InChI is InChI=1S/C12H21NO3/c1-5-13(8-10(14)16-6-2)11(15)9-7-12(9,3)4/h9H,5-8H2,1-4H3. The summed E-state index contributed by atoms with van der Waals surface area (Å²) in [5, 5.41) is 0. The first kappa shape index (κ1) is 13.0. The highest BCUT2D eigenvalue weighted by atomic mass is 16.5. The van der Waals surface area contributed by atoms with E-state index in [1.807, 2.05) is 6.92 Å². The van der Waals surface area contributed by atoms with Crippen LogP contribution in [0.4, 0.5) is 0 Å². The minimum atomic E-state index is -0.323. The number of esters is 1. The molecule has 1 rings (SSSR count). The van der Waals surface area contributed by atoms with E-state index in [-0.39, 0.29) is 29.8 Å². The average Bonchev–Trinajstić information content (AvgIpc) is 2.83. The summed E-state index contributed by atoms with van der Waals surface area (Å²) in [4.78, 5) is 24.9. The third kappa shape index (κ3) is 2.97. The minimum Gasteiger partial charge on any atom is -0.465 e. The van der Waals surface area contributed by atoms with Gasteiger partial charge in [0.1, 0.15) is 6.54 Å². The highest BCUT2D eigenvalue weighted by Gasteiger charge is 2.51. The van der Waals surface area contributed by atoms with Crippen LogP contribution in [0.3, 0.4) is 0 Å². The quantitative estimate of drug-likeness (QED) is 0.668. The van der Waals surface area contributed by atoms with Crippen LogP contribution in [0, 0.1) is 11.3 Å². The molecule has 0 radical (unpaired) electrons. The Balaban J connectivity index is 2.48. The normalized spacial score (nSPS) is 21.4. The predicted octanol–water partition coefficient (Wildman–Crippen LogP) is 1.44. The van der Waals surface area contributed by atoms with Gasteiger partial charge in [0.05, 0.1) is 6.61 Å².